The van der Waals surface area contributed by atoms with E-state index in [0.717, 1.165) is 20.3 Å². The lowest BCUT2D eigenvalue weighted by atomic mass is 10.1. The van der Waals surface area contributed by atoms with Gasteiger partial charge in [-0.05, 0) is 36.2 Å². The number of hydrogen-bond acceptors (Lipinski definition) is 2. The SMILES string of the molecule is CC(N)c1ccc(-c2ccc(Cl)s2)cc1Cl. The number of hydrogen-bond donors (Lipinski definition) is 1. The molecule has 2 rings (SSSR count). The van der Waals surface area contributed by atoms with Crippen LogP contribution in [0.25, 0.3) is 10.4 Å². The van der Waals surface area contributed by atoms with Crippen molar-refractivity contribution in [3.8, 4) is 10.4 Å². The van der Waals surface area contributed by atoms with Crippen molar-refractivity contribution in [2.24, 2.45) is 5.73 Å². The zero-order valence-electron chi connectivity index (χ0n) is 8.71. The molecule has 0 radical (unpaired) electrons. The summed E-state index contributed by atoms with van der Waals surface area (Å²) in [5, 5.41) is 0.706. The smallest absolute Gasteiger partial charge is 0.0934 e. The highest BCUT2D eigenvalue weighted by Crippen LogP contribution is 2.34. The first-order valence-electron chi connectivity index (χ1n) is 4.88. The summed E-state index contributed by atoms with van der Waals surface area (Å²) in [5.74, 6) is 0. The molecule has 2 N–H and O–H groups in total. The molecule has 2 aromatic rings. The van der Waals surface area contributed by atoms with Crippen molar-refractivity contribution in [1.29, 1.82) is 0 Å². The normalized spacial score (nSPS) is 12.8. The first-order chi connectivity index (χ1) is 7.58. The molecule has 4 heteroatoms. The van der Waals surface area contributed by atoms with Gasteiger partial charge >= 0.3 is 0 Å². The summed E-state index contributed by atoms with van der Waals surface area (Å²) in [6.07, 6.45) is 0. The third-order valence-corrected chi connectivity index (χ3v) is 3.96. The highest BCUT2D eigenvalue weighted by Gasteiger charge is 2.08. The van der Waals surface area contributed by atoms with Crippen LogP contribution in [-0.4, -0.2) is 0 Å². The van der Waals surface area contributed by atoms with Crippen molar-refractivity contribution in [2.45, 2.75) is 13.0 Å². The zero-order valence-corrected chi connectivity index (χ0v) is 11.0. The van der Waals surface area contributed by atoms with Gasteiger partial charge in [0.05, 0.1) is 4.34 Å². The van der Waals surface area contributed by atoms with Gasteiger partial charge in [-0.1, -0.05) is 35.3 Å². The Balaban J connectivity index is 2.42. The minimum Gasteiger partial charge on any atom is -0.324 e. The second-order valence-corrected chi connectivity index (χ2v) is 5.75. The van der Waals surface area contributed by atoms with Gasteiger partial charge in [-0.2, -0.15) is 0 Å². The van der Waals surface area contributed by atoms with E-state index in [4.69, 9.17) is 28.9 Å². The fraction of sp³-hybridized carbons (Fsp3) is 0.167. The molecular formula is C12H11Cl2NS. The van der Waals surface area contributed by atoms with Gasteiger partial charge < -0.3 is 5.73 Å². The van der Waals surface area contributed by atoms with E-state index in [1.54, 1.807) is 0 Å². The standard InChI is InChI=1S/C12H11Cl2NS/c1-7(15)9-3-2-8(6-10(9)13)11-4-5-12(14)16-11/h2-7H,15H2,1H3. The first kappa shape index (κ1) is 11.9. The van der Waals surface area contributed by atoms with Gasteiger partial charge in [0.25, 0.3) is 0 Å². The zero-order chi connectivity index (χ0) is 11.7. The van der Waals surface area contributed by atoms with Crippen LogP contribution in [0.5, 0.6) is 0 Å². The van der Waals surface area contributed by atoms with Crippen molar-refractivity contribution in [3.63, 3.8) is 0 Å². The predicted molar refractivity (Wildman–Crippen MR) is 72.4 cm³/mol. The Morgan fingerprint density at radius 2 is 1.94 bits per heavy atom. The van der Waals surface area contributed by atoms with Crippen LogP contribution in [0.4, 0.5) is 0 Å². The van der Waals surface area contributed by atoms with Crippen molar-refractivity contribution >= 4 is 34.5 Å². The van der Waals surface area contributed by atoms with Crippen molar-refractivity contribution in [3.05, 3.63) is 45.3 Å². The molecule has 0 spiro atoms. The van der Waals surface area contributed by atoms with Crippen LogP contribution in [0.2, 0.25) is 9.36 Å². The maximum absolute atomic E-state index is 6.17. The van der Waals surface area contributed by atoms with Crippen molar-refractivity contribution < 1.29 is 0 Å². The molecule has 1 unspecified atom stereocenters. The van der Waals surface area contributed by atoms with Gasteiger partial charge in [0.15, 0.2) is 0 Å². The molecule has 0 saturated carbocycles. The first-order valence-corrected chi connectivity index (χ1v) is 6.46. The lowest BCUT2D eigenvalue weighted by Gasteiger charge is -2.09. The fourth-order valence-electron chi connectivity index (χ4n) is 1.52. The van der Waals surface area contributed by atoms with E-state index in [2.05, 4.69) is 0 Å². The summed E-state index contributed by atoms with van der Waals surface area (Å²) in [4.78, 5) is 1.11. The number of thiophene rings is 1. The molecule has 0 aliphatic carbocycles. The maximum atomic E-state index is 6.17. The molecule has 1 aromatic carbocycles. The monoisotopic (exact) mass is 271 g/mol. The number of benzene rings is 1. The van der Waals surface area contributed by atoms with Gasteiger partial charge in [-0.3, -0.25) is 0 Å². The third kappa shape index (κ3) is 2.41. The average Bonchev–Trinajstić information content (AvgIpc) is 2.64. The third-order valence-electron chi connectivity index (χ3n) is 2.35. The van der Waals surface area contributed by atoms with E-state index < -0.39 is 0 Å². The molecule has 1 heterocycles. The summed E-state index contributed by atoms with van der Waals surface area (Å²) in [6.45, 7) is 1.92. The Hall–Kier alpha value is -0.540. The van der Waals surface area contributed by atoms with Crippen LogP contribution >= 0.6 is 34.5 Å². The molecule has 84 valence electrons. The topological polar surface area (TPSA) is 26.0 Å². The Bertz CT molecular complexity index is 505. The van der Waals surface area contributed by atoms with Crippen molar-refractivity contribution in [2.75, 3.05) is 0 Å². The van der Waals surface area contributed by atoms with Crippen molar-refractivity contribution in [1.82, 2.24) is 0 Å². The predicted octanol–water partition coefficient (Wildman–Crippen LogP) is 4.74. The van der Waals surface area contributed by atoms with E-state index >= 15 is 0 Å². The minimum absolute atomic E-state index is 0.0477. The maximum Gasteiger partial charge on any atom is 0.0934 e. The van der Waals surface area contributed by atoms with Crippen LogP contribution < -0.4 is 5.73 Å². The molecule has 0 amide bonds. The van der Waals surface area contributed by atoms with Crippen LogP contribution in [0, 0.1) is 0 Å². The van der Waals surface area contributed by atoms with Crippen LogP contribution in [-0.2, 0) is 0 Å². The van der Waals surface area contributed by atoms with E-state index in [0.29, 0.717) is 5.02 Å². The van der Waals surface area contributed by atoms with Gasteiger partial charge in [-0.25, -0.2) is 0 Å². The molecule has 0 fully saturated rings. The second kappa shape index (κ2) is 4.76. The van der Waals surface area contributed by atoms with Gasteiger partial charge in [-0.15, -0.1) is 11.3 Å². The van der Waals surface area contributed by atoms with Gasteiger partial charge in [0.1, 0.15) is 0 Å². The summed E-state index contributed by atoms with van der Waals surface area (Å²) in [5.41, 5.74) is 7.85. The van der Waals surface area contributed by atoms with Crippen LogP contribution in [0.3, 0.4) is 0 Å². The largest absolute Gasteiger partial charge is 0.324 e. The molecule has 0 aliphatic rings. The van der Waals surface area contributed by atoms with Crippen LogP contribution in [0.15, 0.2) is 30.3 Å². The molecule has 0 aliphatic heterocycles. The van der Waals surface area contributed by atoms with E-state index in [9.17, 15) is 0 Å². The Labute approximate surface area is 109 Å². The van der Waals surface area contributed by atoms with E-state index in [1.165, 1.54) is 11.3 Å². The Morgan fingerprint density at radius 3 is 2.44 bits per heavy atom. The summed E-state index contributed by atoms with van der Waals surface area (Å²) in [7, 11) is 0. The molecule has 0 saturated heterocycles. The molecule has 1 atom stereocenters. The number of rotatable bonds is 2. The van der Waals surface area contributed by atoms with Gasteiger partial charge in [0.2, 0.25) is 0 Å². The Kier molecular flexibility index (Phi) is 3.55. The number of halogens is 2. The quantitative estimate of drug-likeness (QED) is 0.839. The minimum atomic E-state index is -0.0477. The molecule has 16 heavy (non-hydrogen) atoms. The lowest BCUT2D eigenvalue weighted by Crippen LogP contribution is -2.05. The van der Waals surface area contributed by atoms with E-state index in [-0.39, 0.29) is 6.04 Å². The second-order valence-electron chi connectivity index (χ2n) is 3.63. The molecule has 0 bridgehead atoms. The summed E-state index contributed by atoms with van der Waals surface area (Å²) >= 11 is 13.6. The summed E-state index contributed by atoms with van der Waals surface area (Å²) in [6, 6.07) is 9.75. The highest BCUT2D eigenvalue weighted by atomic mass is 35.5. The highest BCUT2D eigenvalue weighted by molar-refractivity contribution is 7.19. The van der Waals surface area contributed by atoms with E-state index in [1.807, 2.05) is 37.3 Å². The molecular weight excluding hydrogens is 261 g/mol. The number of nitrogens with two attached hydrogens (primary N) is 1. The lowest BCUT2D eigenvalue weighted by molar-refractivity contribution is 0.819. The fourth-order valence-corrected chi connectivity index (χ4v) is 2.91. The van der Waals surface area contributed by atoms with Crippen LogP contribution in [0.1, 0.15) is 18.5 Å². The average molecular weight is 272 g/mol. The summed E-state index contributed by atoms with van der Waals surface area (Å²) < 4.78 is 0.780. The molecule has 1 aromatic heterocycles. The van der Waals surface area contributed by atoms with Gasteiger partial charge in [0, 0.05) is 15.9 Å². The molecule has 1 nitrogen and oxygen atoms in total. The Morgan fingerprint density at radius 1 is 1.19 bits per heavy atom.